The van der Waals surface area contributed by atoms with Gasteiger partial charge in [-0.2, -0.15) is 0 Å². The highest BCUT2D eigenvalue weighted by Crippen LogP contribution is 2.35. The number of nitro benzene ring substituents is 1. The van der Waals surface area contributed by atoms with Crippen LogP contribution in [0.15, 0.2) is 70.5 Å². The van der Waals surface area contributed by atoms with Gasteiger partial charge in [-0.3, -0.25) is 24.6 Å². The van der Waals surface area contributed by atoms with Crippen molar-refractivity contribution in [3.05, 3.63) is 81.2 Å². The molecule has 0 aromatic heterocycles. The number of ether oxygens (including phenoxy) is 1. The second-order valence-corrected chi connectivity index (χ2v) is 9.35. The summed E-state index contributed by atoms with van der Waals surface area (Å²) in [7, 11) is 0. The highest BCUT2D eigenvalue weighted by molar-refractivity contribution is 8.18. The standard InChI is InChI=1S/C24H20N2O6S2/c27-11-13-33-21-9-8-16(14-19(21)26(30)31)15-22-23(28)25(24(29)34-22)10-12-32-20-7-3-5-17-4-1-2-6-18(17)20/h1-9,14-15,27H,10-13H2/b22-15-. The van der Waals surface area contributed by atoms with E-state index in [0.29, 0.717) is 22.0 Å². The SMILES string of the molecule is O=C1S/C(=C\c2ccc(SCCO)c([N+](=O)[O-])c2)C(=O)N1CCOc1cccc2ccccc12. The first-order valence-corrected chi connectivity index (χ1v) is 12.2. The van der Waals surface area contributed by atoms with Gasteiger partial charge in [0.2, 0.25) is 0 Å². The van der Waals surface area contributed by atoms with Crippen LogP contribution in [-0.4, -0.2) is 51.6 Å². The lowest BCUT2D eigenvalue weighted by molar-refractivity contribution is -0.387. The minimum atomic E-state index is -0.507. The number of fused-ring (bicyclic) bond motifs is 1. The Morgan fingerprint density at radius 3 is 2.71 bits per heavy atom. The number of aliphatic hydroxyl groups excluding tert-OH is 1. The van der Waals surface area contributed by atoms with Crippen LogP contribution in [0.2, 0.25) is 0 Å². The van der Waals surface area contributed by atoms with Crippen molar-refractivity contribution < 1.29 is 24.4 Å². The molecule has 1 saturated heterocycles. The molecule has 1 fully saturated rings. The quantitative estimate of drug-likeness (QED) is 0.192. The van der Waals surface area contributed by atoms with Gasteiger partial charge in [0, 0.05) is 17.2 Å². The molecule has 0 unspecified atom stereocenters. The lowest BCUT2D eigenvalue weighted by Gasteiger charge is -2.14. The summed E-state index contributed by atoms with van der Waals surface area (Å²) < 4.78 is 5.85. The molecule has 0 aliphatic carbocycles. The van der Waals surface area contributed by atoms with Gasteiger partial charge in [-0.15, -0.1) is 11.8 Å². The molecule has 0 spiro atoms. The minimum Gasteiger partial charge on any atom is -0.491 e. The number of hydrogen-bond acceptors (Lipinski definition) is 8. The fourth-order valence-corrected chi connectivity index (χ4v) is 5.08. The Kier molecular flexibility index (Phi) is 7.51. The number of nitro groups is 1. The van der Waals surface area contributed by atoms with Crippen LogP contribution in [0.3, 0.4) is 0 Å². The van der Waals surface area contributed by atoms with Crippen molar-refractivity contribution in [2.75, 3.05) is 25.5 Å². The third-order valence-corrected chi connectivity index (χ3v) is 6.97. The van der Waals surface area contributed by atoms with E-state index >= 15 is 0 Å². The number of imide groups is 1. The van der Waals surface area contributed by atoms with E-state index in [1.165, 1.54) is 23.9 Å². The Balaban J connectivity index is 1.45. The van der Waals surface area contributed by atoms with Crippen LogP contribution in [0.4, 0.5) is 10.5 Å². The average Bonchev–Trinajstić information content (AvgIpc) is 3.10. The Bertz CT molecular complexity index is 1290. The molecule has 1 aliphatic heterocycles. The molecular formula is C24H20N2O6S2. The molecule has 0 atom stereocenters. The van der Waals surface area contributed by atoms with E-state index in [0.717, 1.165) is 27.4 Å². The average molecular weight is 497 g/mol. The summed E-state index contributed by atoms with van der Waals surface area (Å²) in [5.74, 6) is 0.546. The molecule has 174 valence electrons. The number of rotatable bonds is 9. The Morgan fingerprint density at radius 2 is 1.91 bits per heavy atom. The smallest absolute Gasteiger partial charge is 0.293 e. The number of hydrogen-bond donors (Lipinski definition) is 1. The molecular weight excluding hydrogens is 476 g/mol. The molecule has 3 aromatic carbocycles. The molecule has 1 aliphatic rings. The van der Waals surface area contributed by atoms with E-state index in [1.54, 1.807) is 12.1 Å². The molecule has 1 heterocycles. The maximum absolute atomic E-state index is 12.8. The predicted molar refractivity (Wildman–Crippen MR) is 133 cm³/mol. The molecule has 0 saturated carbocycles. The highest BCUT2D eigenvalue weighted by Gasteiger charge is 2.35. The molecule has 3 aromatic rings. The molecule has 1 N–H and O–H groups in total. The number of nitrogens with zero attached hydrogens (tertiary/aromatic N) is 2. The third-order valence-electron chi connectivity index (χ3n) is 5.02. The van der Waals surface area contributed by atoms with Gasteiger partial charge in [-0.1, -0.05) is 42.5 Å². The maximum atomic E-state index is 12.8. The van der Waals surface area contributed by atoms with E-state index in [2.05, 4.69) is 0 Å². The van der Waals surface area contributed by atoms with Gasteiger partial charge in [0.1, 0.15) is 12.4 Å². The van der Waals surface area contributed by atoms with E-state index in [-0.39, 0.29) is 30.4 Å². The van der Waals surface area contributed by atoms with Crippen LogP contribution >= 0.6 is 23.5 Å². The van der Waals surface area contributed by atoms with Gasteiger partial charge in [-0.25, -0.2) is 0 Å². The summed E-state index contributed by atoms with van der Waals surface area (Å²) in [6, 6.07) is 18.1. The summed E-state index contributed by atoms with van der Waals surface area (Å²) >= 11 is 1.97. The van der Waals surface area contributed by atoms with Crippen molar-refractivity contribution in [3.63, 3.8) is 0 Å². The number of aliphatic hydroxyl groups is 1. The van der Waals surface area contributed by atoms with Crippen LogP contribution < -0.4 is 4.74 Å². The first-order chi connectivity index (χ1) is 16.5. The van der Waals surface area contributed by atoms with Crippen LogP contribution in [0.5, 0.6) is 5.75 Å². The number of carbonyl (C=O) groups is 2. The molecule has 8 nitrogen and oxygen atoms in total. The van der Waals surface area contributed by atoms with Crippen molar-refractivity contribution in [2.24, 2.45) is 0 Å². The second kappa shape index (κ2) is 10.7. The normalized spacial score (nSPS) is 14.9. The number of amides is 2. The van der Waals surface area contributed by atoms with Crippen molar-refractivity contribution in [3.8, 4) is 5.75 Å². The van der Waals surface area contributed by atoms with Gasteiger partial charge in [0.25, 0.3) is 16.8 Å². The fraction of sp³-hybridized carbons (Fsp3) is 0.167. The predicted octanol–water partition coefficient (Wildman–Crippen LogP) is 4.95. The zero-order valence-corrected chi connectivity index (χ0v) is 19.5. The highest BCUT2D eigenvalue weighted by atomic mass is 32.2. The molecule has 34 heavy (non-hydrogen) atoms. The Labute approximate surface area is 203 Å². The first kappa shape index (κ1) is 23.8. The largest absolute Gasteiger partial charge is 0.491 e. The van der Waals surface area contributed by atoms with E-state index in [4.69, 9.17) is 9.84 Å². The van der Waals surface area contributed by atoms with E-state index in [9.17, 15) is 19.7 Å². The van der Waals surface area contributed by atoms with Gasteiger partial charge < -0.3 is 9.84 Å². The third kappa shape index (κ3) is 5.24. The van der Waals surface area contributed by atoms with Crippen LogP contribution in [0, 0.1) is 10.1 Å². The Hall–Kier alpha value is -3.34. The zero-order valence-electron chi connectivity index (χ0n) is 17.9. The summed E-state index contributed by atoms with van der Waals surface area (Å²) in [6.07, 6.45) is 1.48. The first-order valence-electron chi connectivity index (χ1n) is 10.4. The number of thioether (sulfide) groups is 2. The second-order valence-electron chi connectivity index (χ2n) is 7.22. The van der Waals surface area contributed by atoms with Crippen LogP contribution in [0.1, 0.15) is 5.56 Å². The monoisotopic (exact) mass is 496 g/mol. The molecule has 2 amide bonds. The van der Waals surface area contributed by atoms with Crippen molar-refractivity contribution in [2.45, 2.75) is 4.90 Å². The zero-order chi connectivity index (χ0) is 24.1. The van der Waals surface area contributed by atoms with E-state index in [1.807, 2.05) is 42.5 Å². The summed E-state index contributed by atoms with van der Waals surface area (Å²) in [6.45, 7) is 0.130. The topological polar surface area (TPSA) is 110 Å². The van der Waals surface area contributed by atoms with E-state index < -0.39 is 16.1 Å². The van der Waals surface area contributed by atoms with Gasteiger partial charge in [0.05, 0.1) is 27.9 Å². The molecule has 4 rings (SSSR count). The van der Waals surface area contributed by atoms with Crippen LogP contribution in [0.25, 0.3) is 16.8 Å². The number of carbonyl (C=O) groups excluding carboxylic acids is 2. The van der Waals surface area contributed by atoms with Gasteiger partial charge in [0.15, 0.2) is 0 Å². The van der Waals surface area contributed by atoms with Crippen molar-refractivity contribution >= 4 is 57.2 Å². The molecule has 0 radical (unpaired) electrons. The lowest BCUT2D eigenvalue weighted by atomic mass is 10.1. The minimum absolute atomic E-state index is 0.0854. The van der Waals surface area contributed by atoms with Crippen molar-refractivity contribution in [1.82, 2.24) is 4.90 Å². The van der Waals surface area contributed by atoms with Crippen LogP contribution in [-0.2, 0) is 4.79 Å². The Morgan fingerprint density at radius 1 is 1.12 bits per heavy atom. The van der Waals surface area contributed by atoms with Gasteiger partial charge >= 0.3 is 0 Å². The number of benzene rings is 3. The summed E-state index contributed by atoms with van der Waals surface area (Å²) in [5.41, 5.74) is 0.326. The molecule has 10 heteroatoms. The molecule has 0 bridgehead atoms. The summed E-state index contributed by atoms with van der Waals surface area (Å²) in [4.78, 5) is 37.9. The maximum Gasteiger partial charge on any atom is 0.293 e. The summed E-state index contributed by atoms with van der Waals surface area (Å²) in [5, 5.41) is 22.0. The van der Waals surface area contributed by atoms with Crippen molar-refractivity contribution in [1.29, 1.82) is 0 Å². The fourth-order valence-electron chi connectivity index (χ4n) is 3.46. The lowest BCUT2D eigenvalue weighted by Crippen LogP contribution is -2.32. The van der Waals surface area contributed by atoms with Gasteiger partial charge in [-0.05, 0) is 40.9 Å².